The molecule has 1 fully saturated rings. The van der Waals surface area contributed by atoms with E-state index in [2.05, 4.69) is 0 Å². The fourth-order valence-corrected chi connectivity index (χ4v) is 3.01. The average Bonchev–Trinajstić information content (AvgIpc) is 2.54. The zero-order valence-corrected chi connectivity index (χ0v) is 10.5. The van der Waals surface area contributed by atoms with Gasteiger partial charge in [-0.3, -0.25) is 4.79 Å². The van der Waals surface area contributed by atoms with Crippen molar-refractivity contribution >= 4 is 5.97 Å². The Balaban J connectivity index is 2.58. The van der Waals surface area contributed by atoms with Crippen LogP contribution in [0.1, 0.15) is 13.8 Å². The van der Waals surface area contributed by atoms with Crippen molar-refractivity contribution in [3.05, 3.63) is 12.2 Å². The quantitative estimate of drug-likeness (QED) is 0.420. The van der Waals surface area contributed by atoms with Crippen LogP contribution in [0.15, 0.2) is 12.2 Å². The smallest absolute Gasteiger partial charge is 0.318 e. The van der Waals surface area contributed by atoms with Gasteiger partial charge in [0.1, 0.15) is 17.6 Å². The van der Waals surface area contributed by atoms with Gasteiger partial charge in [0.15, 0.2) is 5.79 Å². The maximum atomic E-state index is 12.1. The molecule has 1 saturated heterocycles. The van der Waals surface area contributed by atoms with Crippen LogP contribution in [0, 0.1) is 11.3 Å². The van der Waals surface area contributed by atoms with E-state index in [-0.39, 0.29) is 0 Å². The zero-order valence-electron chi connectivity index (χ0n) is 10.5. The molecule has 0 aromatic rings. The number of carbonyl (C=O) groups is 1. The molecular formula is C12H18O6. The number of fused-ring (bicyclic) bond motifs is 1. The van der Waals surface area contributed by atoms with E-state index in [4.69, 9.17) is 9.47 Å². The van der Waals surface area contributed by atoms with Crippen molar-refractivity contribution in [2.45, 2.75) is 37.9 Å². The molecule has 2 aliphatic rings. The van der Waals surface area contributed by atoms with Gasteiger partial charge < -0.3 is 24.8 Å². The summed E-state index contributed by atoms with van der Waals surface area (Å²) in [5, 5.41) is 30.2. The van der Waals surface area contributed by atoms with Crippen LogP contribution in [0.3, 0.4) is 0 Å². The SMILES string of the molecule is COC(=O)C12C(C)C=CC(O)C1OC(C)(O)C2O. The Hall–Kier alpha value is -0.950. The number of allylic oxidation sites excluding steroid dienone is 1. The van der Waals surface area contributed by atoms with E-state index in [1.54, 1.807) is 13.0 Å². The van der Waals surface area contributed by atoms with Crippen LogP contribution in [0.2, 0.25) is 0 Å². The van der Waals surface area contributed by atoms with Gasteiger partial charge in [0.25, 0.3) is 0 Å². The van der Waals surface area contributed by atoms with E-state index in [9.17, 15) is 20.1 Å². The number of methoxy groups -OCH3 is 1. The summed E-state index contributed by atoms with van der Waals surface area (Å²) in [6.07, 6.45) is -0.479. The summed E-state index contributed by atoms with van der Waals surface area (Å²) in [5.74, 6) is -3.03. The van der Waals surface area contributed by atoms with Crippen LogP contribution < -0.4 is 0 Å². The summed E-state index contributed by atoms with van der Waals surface area (Å²) in [5.41, 5.74) is -1.49. The standard InChI is InChI=1S/C12H18O6/c1-6-4-5-7(13)8-12(6,10(15)17-3)9(14)11(2,16)18-8/h4-9,13-14,16H,1-3H3. The first-order valence-electron chi connectivity index (χ1n) is 5.81. The van der Waals surface area contributed by atoms with Gasteiger partial charge >= 0.3 is 5.97 Å². The molecule has 102 valence electrons. The largest absolute Gasteiger partial charge is 0.468 e. The molecule has 1 aliphatic heterocycles. The molecule has 0 aromatic heterocycles. The Labute approximate surface area is 105 Å². The highest BCUT2D eigenvalue weighted by molar-refractivity contribution is 5.80. The van der Waals surface area contributed by atoms with Gasteiger partial charge in [-0.2, -0.15) is 0 Å². The number of ether oxygens (including phenoxy) is 2. The Morgan fingerprint density at radius 3 is 2.56 bits per heavy atom. The molecule has 6 nitrogen and oxygen atoms in total. The molecule has 2 rings (SSSR count). The predicted molar refractivity (Wildman–Crippen MR) is 60.3 cm³/mol. The molecule has 6 atom stereocenters. The van der Waals surface area contributed by atoms with E-state index in [0.29, 0.717) is 0 Å². The maximum absolute atomic E-state index is 12.1. The Morgan fingerprint density at radius 2 is 2.00 bits per heavy atom. The molecule has 1 heterocycles. The highest BCUT2D eigenvalue weighted by Gasteiger charge is 2.70. The Morgan fingerprint density at radius 1 is 1.39 bits per heavy atom. The minimum atomic E-state index is -1.90. The van der Waals surface area contributed by atoms with Crippen molar-refractivity contribution in [3.8, 4) is 0 Å². The summed E-state index contributed by atoms with van der Waals surface area (Å²) < 4.78 is 10.0. The van der Waals surface area contributed by atoms with E-state index in [1.807, 2.05) is 0 Å². The molecule has 0 amide bonds. The molecule has 6 unspecified atom stereocenters. The van der Waals surface area contributed by atoms with Crippen LogP contribution in [-0.4, -0.2) is 52.5 Å². The lowest BCUT2D eigenvalue weighted by molar-refractivity contribution is -0.221. The number of aliphatic hydroxyl groups is 3. The van der Waals surface area contributed by atoms with Crippen LogP contribution in [0.25, 0.3) is 0 Å². The molecule has 18 heavy (non-hydrogen) atoms. The number of rotatable bonds is 1. The Kier molecular flexibility index (Phi) is 3.02. The number of hydrogen-bond acceptors (Lipinski definition) is 6. The van der Waals surface area contributed by atoms with E-state index in [1.165, 1.54) is 20.1 Å². The van der Waals surface area contributed by atoms with Gasteiger partial charge in [-0.05, 0) is 12.8 Å². The van der Waals surface area contributed by atoms with Gasteiger partial charge in [0.2, 0.25) is 0 Å². The minimum Gasteiger partial charge on any atom is -0.468 e. The molecule has 6 heteroatoms. The van der Waals surface area contributed by atoms with E-state index < -0.39 is 41.4 Å². The highest BCUT2D eigenvalue weighted by atomic mass is 16.7. The topological polar surface area (TPSA) is 96.2 Å². The third-order valence-corrected chi connectivity index (χ3v) is 4.00. The van der Waals surface area contributed by atoms with Crippen LogP contribution in [0.5, 0.6) is 0 Å². The zero-order chi connectivity index (χ0) is 13.7. The molecule has 0 bridgehead atoms. The lowest BCUT2D eigenvalue weighted by Crippen LogP contribution is -2.58. The lowest BCUT2D eigenvalue weighted by Gasteiger charge is -2.41. The second kappa shape index (κ2) is 4.03. The fraction of sp³-hybridized carbons (Fsp3) is 0.750. The van der Waals surface area contributed by atoms with Gasteiger partial charge in [-0.25, -0.2) is 0 Å². The van der Waals surface area contributed by atoms with Gasteiger partial charge in [-0.15, -0.1) is 0 Å². The summed E-state index contributed by atoms with van der Waals surface area (Å²) in [6.45, 7) is 2.97. The highest BCUT2D eigenvalue weighted by Crippen LogP contribution is 2.52. The summed E-state index contributed by atoms with van der Waals surface area (Å²) in [7, 11) is 1.20. The van der Waals surface area contributed by atoms with Crippen molar-refractivity contribution in [2.75, 3.05) is 7.11 Å². The van der Waals surface area contributed by atoms with Crippen molar-refractivity contribution in [3.63, 3.8) is 0 Å². The number of esters is 1. The lowest BCUT2D eigenvalue weighted by atomic mass is 9.64. The Bertz CT molecular complexity index is 390. The summed E-state index contributed by atoms with van der Waals surface area (Å²) in [4.78, 5) is 12.1. The second-order valence-corrected chi connectivity index (χ2v) is 5.08. The second-order valence-electron chi connectivity index (χ2n) is 5.08. The summed E-state index contributed by atoms with van der Waals surface area (Å²) in [6, 6.07) is 0. The maximum Gasteiger partial charge on any atom is 0.318 e. The molecule has 0 radical (unpaired) electrons. The van der Waals surface area contributed by atoms with Gasteiger partial charge in [0, 0.05) is 0 Å². The van der Waals surface area contributed by atoms with E-state index in [0.717, 1.165) is 0 Å². The number of carbonyl (C=O) groups excluding carboxylic acids is 1. The van der Waals surface area contributed by atoms with Crippen molar-refractivity contribution in [1.82, 2.24) is 0 Å². The monoisotopic (exact) mass is 258 g/mol. The molecule has 3 N–H and O–H groups in total. The number of aliphatic hydroxyl groups excluding tert-OH is 2. The van der Waals surface area contributed by atoms with Crippen LogP contribution in [-0.2, 0) is 14.3 Å². The van der Waals surface area contributed by atoms with Gasteiger partial charge in [-0.1, -0.05) is 19.1 Å². The van der Waals surface area contributed by atoms with Crippen LogP contribution in [0.4, 0.5) is 0 Å². The first kappa shape index (κ1) is 13.5. The normalized spacial score (nSPS) is 51.0. The third-order valence-electron chi connectivity index (χ3n) is 4.00. The van der Waals surface area contributed by atoms with Crippen LogP contribution >= 0.6 is 0 Å². The van der Waals surface area contributed by atoms with E-state index >= 15 is 0 Å². The minimum absolute atomic E-state index is 0.428. The molecule has 0 spiro atoms. The molecule has 0 saturated carbocycles. The number of hydrogen-bond donors (Lipinski definition) is 3. The first-order valence-corrected chi connectivity index (χ1v) is 5.81. The molecule has 1 aliphatic carbocycles. The predicted octanol–water partition coefficient (Wildman–Crippen LogP) is -0.819. The molecular weight excluding hydrogens is 240 g/mol. The summed E-state index contributed by atoms with van der Waals surface area (Å²) >= 11 is 0. The third kappa shape index (κ3) is 1.46. The average molecular weight is 258 g/mol. The molecule has 0 aromatic carbocycles. The fourth-order valence-electron chi connectivity index (χ4n) is 3.01. The van der Waals surface area contributed by atoms with Crippen molar-refractivity contribution < 1.29 is 29.6 Å². The van der Waals surface area contributed by atoms with Gasteiger partial charge in [0.05, 0.1) is 13.2 Å². The van der Waals surface area contributed by atoms with Crippen molar-refractivity contribution in [2.24, 2.45) is 11.3 Å². The van der Waals surface area contributed by atoms with Crippen molar-refractivity contribution in [1.29, 1.82) is 0 Å². The first-order chi connectivity index (χ1) is 8.28.